The highest BCUT2D eigenvalue weighted by Gasteiger charge is 2.51. The quantitative estimate of drug-likeness (QED) is 0.107. The number of hydrogen-bond acceptors (Lipinski definition) is 17. The zero-order valence-electron chi connectivity index (χ0n) is 25.3. The number of rotatable bonds is 11. The standard InChI is InChI=1S/C30H34O17/c1-39-16-6-13-4-5-21(31)45-15(13)9-17(16)46-28-25(35)24(34)23(33)20(47-28)10-42-29-26(36)30(38,12-44-29)11-43-27(37)14-7-18(40-2)22(32)19(8-14)41-3/h4-9,20,23-26,28-29,32-36,38H,10-12H2,1-3H3/t20-,23-,24+,25-,26+,28-,29-,30-/m1/s1. The molecule has 256 valence electrons. The van der Waals surface area contributed by atoms with Crippen LogP contribution in [0.15, 0.2) is 45.6 Å². The van der Waals surface area contributed by atoms with Gasteiger partial charge >= 0.3 is 11.6 Å². The Kier molecular flexibility index (Phi) is 10.1. The van der Waals surface area contributed by atoms with E-state index in [0.717, 1.165) is 0 Å². The number of aromatic hydroxyl groups is 1. The van der Waals surface area contributed by atoms with E-state index in [0.29, 0.717) is 5.39 Å². The van der Waals surface area contributed by atoms with Crippen molar-refractivity contribution >= 4 is 16.9 Å². The Hall–Kier alpha value is -4.20. The van der Waals surface area contributed by atoms with Crippen LogP contribution in [0.2, 0.25) is 0 Å². The molecule has 8 atom stereocenters. The van der Waals surface area contributed by atoms with E-state index in [1.165, 1.54) is 57.7 Å². The van der Waals surface area contributed by atoms with Crippen molar-refractivity contribution in [2.45, 2.75) is 48.7 Å². The number of aliphatic hydroxyl groups excluding tert-OH is 4. The van der Waals surface area contributed by atoms with Crippen LogP contribution in [0.25, 0.3) is 11.0 Å². The van der Waals surface area contributed by atoms with Crippen LogP contribution in [0.4, 0.5) is 0 Å². The second-order valence-corrected chi connectivity index (χ2v) is 10.8. The molecule has 2 aliphatic rings. The fourth-order valence-electron chi connectivity index (χ4n) is 5.00. The fourth-order valence-corrected chi connectivity index (χ4v) is 5.00. The molecule has 17 heteroatoms. The molecule has 17 nitrogen and oxygen atoms in total. The number of carbonyl (C=O) groups is 1. The lowest BCUT2D eigenvalue weighted by Crippen LogP contribution is -2.60. The summed E-state index contributed by atoms with van der Waals surface area (Å²) in [7, 11) is 3.91. The summed E-state index contributed by atoms with van der Waals surface area (Å²) in [5.74, 6) is -1.22. The minimum Gasteiger partial charge on any atom is -0.502 e. The van der Waals surface area contributed by atoms with Crippen LogP contribution in [0.3, 0.4) is 0 Å². The number of aliphatic hydroxyl groups is 5. The average molecular weight is 667 g/mol. The monoisotopic (exact) mass is 666 g/mol. The zero-order valence-corrected chi connectivity index (χ0v) is 25.3. The zero-order chi connectivity index (χ0) is 34.0. The van der Waals surface area contributed by atoms with Crippen molar-refractivity contribution in [1.82, 2.24) is 0 Å². The Labute approximate surface area is 265 Å². The Bertz CT molecular complexity index is 1620. The van der Waals surface area contributed by atoms with Gasteiger partial charge < -0.3 is 73.0 Å². The number of benzene rings is 2. The first kappa shape index (κ1) is 34.1. The summed E-state index contributed by atoms with van der Waals surface area (Å²) in [5.41, 5.74) is -2.65. The largest absolute Gasteiger partial charge is 0.502 e. The predicted octanol–water partition coefficient (Wildman–Crippen LogP) is -0.967. The molecule has 2 saturated heterocycles. The number of esters is 1. The lowest BCUT2D eigenvalue weighted by molar-refractivity contribution is -0.289. The van der Waals surface area contributed by atoms with Crippen LogP contribution < -0.4 is 24.6 Å². The molecule has 0 spiro atoms. The number of carbonyl (C=O) groups excluding carboxylic acids is 1. The van der Waals surface area contributed by atoms with Crippen molar-refractivity contribution in [2.75, 3.05) is 41.2 Å². The van der Waals surface area contributed by atoms with Gasteiger partial charge in [0.15, 0.2) is 34.9 Å². The van der Waals surface area contributed by atoms with Gasteiger partial charge in [0.2, 0.25) is 12.0 Å². The molecule has 0 unspecified atom stereocenters. The smallest absolute Gasteiger partial charge is 0.338 e. The highest BCUT2D eigenvalue weighted by molar-refractivity contribution is 5.91. The topological polar surface area (TPSA) is 242 Å². The van der Waals surface area contributed by atoms with E-state index in [2.05, 4.69) is 0 Å². The van der Waals surface area contributed by atoms with E-state index in [1.54, 1.807) is 0 Å². The van der Waals surface area contributed by atoms with E-state index < -0.39 is 80.1 Å². The normalized spacial score (nSPS) is 29.0. The van der Waals surface area contributed by atoms with Gasteiger partial charge in [-0.15, -0.1) is 0 Å². The summed E-state index contributed by atoms with van der Waals surface area (Å²) in [6.07, 6.45) is -11.4. The highest BCUT2D eigenvalue weighted by Crippen LogP contribution is 2.38. The van der Waals surface area contributed by atoms with E-state index in [-0.39, 0.29) is 39.9 Å². The van der Waals surface area contributed by atoms with Crippen molar-refractivity contribution in [3.63, 3.8) is 0 Å². The Morgan fingerprint density at radius 3 is 2.23 bits per heavy atom. The lowest BCUT2D eigenvalue weighted by Gasteiger charge is -2.40. The van der Waals surface area contributed by atoms with Crippen LogP contribution in [-0.4, -0.2) is 126 Å². The van der Waals surface area contributed by atoms with Crippen LogP contribution in [0.5, 0.6) is 28.7 Å². The maximum atomic E-state index is 12.7. The van der Waals surface area contributed by atoms with E-state index in [4.69, 9.17) is 42.3 Å². The summed E-state index contributed by atoms with van der Waals surface area (Å²) in [6.45, 7) is -1.78. The molecule has 0 bridgehead atoms. The number of ether oxygens (including phenoxy) is 8. The first-order valence-corrected chi connectivity index (χ1v) is 14.1. The second-order valence-electron chi connectivity index (χ2n) is 10.8. The van der Waals surface area contributed by atoms with Gasteiger partial charge in [0.25, 0.3) is 0 Å². The molecule has 2 aromatic carbocycles. The van der Waals surface area contributed by atoms with Crippen molar-refractivity contribution in [1.29, 1.82) is 0 Å². The first-order chi connectivity index (χ1) is 22.4. The van der Waals surface area contributed by atoms with E-state index in [9.17, 15) is 40.2 Å². The number of phenols is 1. The van der Waals surface area contributed by atoms with Gasteiger partial charge in [-0.2, -0.15) is 0 Å². The van der Waals surface area contributed by atoms with Crippen LogP contribution in [0, 0.1) is 0 Å². The summed E-state index contributed by atoms with van der Waals surface area (Å²) in [5, 5.41) is 63.9. The Morgan fingerprint density at radius 2 is 1.57 bits per heavy atom. The van der Waals surface area contributed by atoms with Crippen LogP contribution in [-0.2, 0) is 18.9 Å². The molecule has 0 saturated carbocycles. The van der Waals surface area contributed by atoms with Crippen LogP contribution >= 0.6 is 0 Å². The molecule has 6 N–H and O–H groups in total. The molecule has 3 aromatic rings. The third-order valence-corrected chi connectivity index (χ3v) is 7.72. The third kappa shape index (κ3) is 6.92. The number of fused-ring (bicyclic) bond motifs is 1. The lowest BCUT2D eigenvalue weighted by atomic mass is 9.99. The third-order valence-electron chi connectivity index (χ3n) is 7.72. The molecule has 47 heavy (non-hydrogen) atoms. The minimum absolute atomic E-state index is 0.0139. The molecule has 0 amide bonds. The summed E-state index contributed by atoms with van der Waals surface area (Å²) in [6, 6.07) is 7.99. The van der Waals surface area contributed by atoms with E-state index in [1.807, 2.05) is 0 Å². The molecule has 0 aliphatic carbocycles. The molecule has 1 aromatic heterocycles. The predicted molar refractivity (Wildman–Crippen MR) is 154 cm³/mol. The Morgan fingerprint density at radius 1 is 0.894 bits per heavy atom. The maximum Gasteiger partial charge on any atom is 0.338 e. The molecule has 2 aliphatic heterocycles. The molecule has 0 radical (unpaired) electrons. The van der Waals surface area contributed by atoms with Gasteiger partial charge in [-0.05, 0) is 24.3 Å². The first-order valence-electron chi connectivity index (χ1n) is 14.1. The van der Waals surface area contributed by atoms with E-state index >= 15 is 0 Å². The average Bonchev–Trinajstić information content (AvgIpc) is 3.35. The van der Waals surface area contributed by atoms with Gasteiger partial charge in [-0.3, -0.25) is 0 Å². The molecular weight excluding hydrogens is 632 g/mol. The summed E-state index contributed by atoms with van der Waals surface area (Å²) >= 11 is 0. The van der Waals surface area contributed by atoms with Gasteiger partial charge in [-0.25, -0.2) is 9.59 Å². The number of phenolic OH excluding ortho intramolecular Hbond substituents is 1. The molecule has 5 rings (SSSR count). The molecular formula is C30H34O17. The van der Waals surface area contributed by atoms with Crippen molar-refractivity contribution < 1.29 is 77.7 Å². The van der Waals surface area contributed by atoms with Crippen molar-refractivity contribution in [2.24, 2.45) is 0 Å². The SMILES string of the molecule is COc1cc2ccc(=O)oc2cc1O[C@@H]1O[C@H](CO[C@@H]2OC[C@](O)(COC(=O)c3cc(OC)c(O)c(OC)c3)[C@H]2O)[C@@H](O)[C@H](O)[C@H]1O. The van der Waals surface area contributed by atoms with Crippen molar-refractivity contribution in [3.05, 3.63) is 52.4 Å². The molecule has 3 heterocycles. The van der Waals surface area contributed by atoms with Gasteiger partial charge in [-0.1, -0.05) is 0 Å². The maximum absolute atomic E-state index is 12.7. The Balaban J connectivity index is 1.21. The van der Waals surface area contributed by atoms with Crippen molar-refractivity contribution in [3.8, 4) is 28.7 Å². The number of methoxy groups -OCH3 is 3. The van der Waals surface area contributed by atoms with Crippen LogP contribution in [0.1, 0.15) is 10.4 Å². The van der Waals surface area contributed by atoms with Gasteiger partial charge in [0, 0.05) is 17.5 Å². The highest BCUT2D eigenvalue weighted by atomic mass is 16.7. The number of hydrogen-bond donors (Lipinski definition) is 6. The van der Waals surface area contributed by atoms with Gasteiger partial charge in [0.05, 0.1) is 40.1 Å². The molecule has 2 fully saturated rings. The minimum atomic E-state index is -2.11. The van der Waals surface area contributed by atoms with Gasteiger partial charge in [0.1, 0.15) is 42.7 Å². The second kappa shape index (κ2) is 13.9. The fraction of sp³-hybridized carbons (Fsp3) is 0.467. The summed E-state index contributed by atoms with van der Waals surface area (Å²) in [4.78, 5) is 24.4. The summed E-state index contributed by atoms with van der Waals surface area (Å²) < 4.78 is 48.1.